The maximum atomic E-state index is 11.3. The Morgan fingerprint density at radius 2 is 2.40 bits per heavy atom. The number of carbonyl (C=O) groups excluding carboxylic acids is 1. The molecule has 2 heterocycles. The van der Waals surface area contributed by atoms with Crippen LogP contribution in [0.25, 0.3) is 0 Å². The molecule has 0 atom stereocenters. The average Bonchev–Trinajstić information content (AvgIpc) is 3.00. The van der Waals surface area contributed by atoms with Gasteiger partial charge in [0, 0.05) is 37.8 Å². The number of hydrogen-bond acceptors (Lipinski definition) is 6. The van der Waals surface area contributed by atoms with E-state index < -0.39 is 0 Å². The zero-order valence-corrected chi connectivity index (χ0v) is 12.4. The molecular formula is C13H18N4O2S. The van der Waals surface area contributed by atoms with Gasteiger partial charge in [-0.3, -0.25) is 4.79 Å². The third-order valence-electron chi connectivity index (χ3n) is 2.73. The van der Waals surface area contributed by atoms with E-state index in [1.54, 1.807) is 13.1 Å². The molecule has 0 aliphatic carbocycles. The van der Waals surface area contributed by atoms with Crippen molar-refractivity contribution in [1.29, 1.82) is 0 Å². The van der Waals surface area contributed by atoms with Gasteiger partial charge in [0.1, 0.15) is 5.82 Å². The highest BCUT2D eigenvalue weighted by Gasteiger charge is 2.08. The predicted molar refractivity (Wildman–Crippen MR) is 77.9 cm³/mol. The van der Waals surface area contributed by atoms with Crippen molar-refractivity contribution < 1.29 is 9.53 Å². The topological polar surface area (TPSA) is 69.0 Å². The molecule has 2 aromatic rings. The molecule has 0 saturated carbocycles. The Bertz CT molecular complexity index is 564. The summed E-state index contributed by atoms with van der Waals surface area (Å²) in [6.07, 6.45) is 4.77. The van der Waals surface area contributed by atoms with Gasteiger partial charge in [0.2, 0.25) is 0 Å². The smallest absolute Gasteiger partial charge is 0.311 e. The minimum atomic E-state index is -0.239. The summed E-state index contributed by atoms with van der Waals surface area (Å²) in [5.41, 5.74) is 0.743. The van der Waals surface area contributed by atoms with Crippen LogP contribution in [0.3, 0.4) is 0 Å². The highest BCUT2D eigenvalue weighted by Crippen LogP contribution is 2.16. The number of anilines is 1. The number of esters is 1. The molecule has 0 amide bonds. The monoisotopic (exact) mass is 294 g/mol. The van der Waals surface area contributed by atoms with Crippen LogP contribution in [-0.2, 0) is 29.4 Å². The van der Waals surface area contributed by atoms with E-state index in [1.807, 2.05) is 23.2 Å². The molecule has 0 spiro atoms. The average molecular weight is 294 g/mol. The number of carbonyl (C=O) groups is 1. The normalized spacial score (nSPS) is 10.5. The molecule has 0 unspecified atom stereocenters. The minimum Gasteiger partial charge on any atom is -0.466 e. The van der Waals surface area contributed by atoms with Crippen LogP contribution in [0, 0.1) is 0 Å². The van der Waals surface area contributed by atoms with Crippen molar-refractivity contribution in [2.75, 3.05) is 18.5 Å². The van der Waals surface area contributed by atoms with Gasteiger partial charge < -0.3 is 14.6 Å². The van der Waals surface area contributed by atoms with E-state index in [2.05, 4.69) is 15.3 Å². The second-order valence-corrected chi connectivity index (χ2v) is 5.12. The van der Waals surface area contributed by atoms with Crippen LogP contribution in [-0.4, -0.2) is 33.7 Å². The molecule has 0 aromatic carbocycles. The van der Waals surface area contributed by atoms with Gasteiger partial charge in [0.05, 0.1) is 18.7 Å². The van der Waals surface area contributed by atoms with Crippen LogP contribution in [0.5, 0.6) is 0 Å². The van der Waals surface area contributed by atoms with E-state index in [-0.39, 0.29) is 12.4 Å². The lowest BCUT2D eigenvalue weighted by atomic mass is 10.3. The lowest BCUT2D eigenvalue weighted by Crippen LogP contribution is -2.09. The molecule has 20 heavy (non-hydrogen) atoms. The van der Waals surface area contributed by atoms with Crippen LogP contribution in [0.4, 0.5) is 5.13 Å². The summed E-state index contributed by atoms with van der Waals surface area (Å²) in [6, 6.07) is 0. The largest absolute Gasteiger partial charge is 0.466 e. The summed E-state index contributed by atoms with van der Waals surface area (Å²) in [4.78, 5) is 19.9. The molecule has 0 bridgehead atoms. The molecule has 0 aliphatic heterocycles. The van der Waals surface area contributed by atoms with E-state index in [0.717, 1.165) is 29.6 Å². The van der Waals surface area contributed by atoms with E-state index in [9.17, 15) is 4.79 Å². The fourth-order valence-corrected chi connectivity index (χ4v) is 2.49. The minimum absolute atomic E-state index is 0.228. The van der Waals surface area contributed by atoms with Crippen LogP contribution in [0.15, 0.2) is 17.8 Å². The number of imidazole rings is 1. The second kappa shape index (κ2) is 7.04. The molecule has 0 saturated heterocycles. The Hall–Kier alpha value is -1.89. The van der Waals surface area contributed by atoms with Gasteiger partial charge in [-0.1, -0.05) is 0 Å². The summed E-state index contributed by atoms with van der Waals surface area (Å²) in [5.74, 6) is 0.790. The molecule has 2 aromatic heterocycles. The van der Waals surface area contributed by atoms with Gasteiger partial charge in [-0.2, -0.15) is 0 Å². The van der Waals surface area contributed by atoms with Gasteiger partial charge in [-0.15, -0.1) is 11.3 Å². The Balaban J connectivity index is 1.78. The van der Waals surface area contributed by atoms with E-state index >= 15 is 0 Å². The number of thiazole rings is 1. The first-order chi connectivity index (χ1) is 9.69. The molecule has 0 radical (unpaired) electrons. The highest BCUT2D eigenvalue weighted by molar-refractivity contribution is 7.13. The zero-order chi connectivity index (χ0) is 14.4. The summed E-state index contributed by atoms with van der Waals surface area (Å²) in [5, 5.41) is 5.93. The second-order valence-electron chi connectivity index (χ2n) is 4.26. The third-order valence-corrected chi connectivity index (χ3v) is 3.58. The molecule has 1 N–H and O–H groups in total. The molecule has 6 nitrogen and oxygen atoms in total. The maximum absolute atomic E-state index is 11.3. The quantitative estimate of drug-likeness (QED) is 0.786. The predicted octanol–water partition coefficient (Wildman–Crippen LogP) is 1.64. The number of ether oxygens (including phenoxy) is 1. The van der Waals surface area contributed by atoms with E-state index in [1.165, 1.54) is 11.3 Å². The van der Waals surface area contributed by atoms with Gasteiger partial charge in [0.25, 0.3) is 0 Å². The molecule has 0 fully saturated rings. The Morgan fingerprint density at radius 3 is 3.10 bits per heavy atom. The lowest BCUT2D eigenvalue weighted by molar-refractivity contribution is -0.142. The first-order valence-electron chi connectivity index (χ1n) is 6.49. The first-order valence-corrected chi connectivity index (χ1v) is 7.37. The van der Waals surface area contributed by atoms with Crippen molar-refractivity contribution in [2.45, 2.75) is 19.8 Å². The third kappa shape index (κ3) is 4.06. The van der Waals surface area contributed by atoms with Crippen LogP contribution < -0.4 is 5.32 Å². The SMILES string of the molecule is CCOC(=O)Cc1csc(NCCc2nccn2C)n1. The summed E-state index contributed by atoms with van der Waals surface area (Å²) in [6.45, 7) is 2.96. The number of aromatic nitrogens is 3. The number of aryl methyl sites for hydroxylation is 1. The Morgan fingerprint density at radius 1 is 1.55 bits per heavy atom. The van der Waals surface area contributed by atoms with Gasteiger partial charge in [-0.05, 0) is 6.92 Å². The van der Waals surface area contributed by atoms with E-state index in [0.29, 0.717) is 6.61 Å². The molecular weight excluding hydrogens is 276 g/mol. The van der Waals surface area contributed by atoms with E-state index in [4.69, 9.17) is 4.74 Å². The fraction of sp³-hybridized carbons (Fsp3) is 0.462. The van der Waals surface area contributed by atoms with Crippen molar-refractivity contribution in [3.05, 3.63) is 29.3 Å². The van der Waals surface area contributed by atoms with Crippen molar-refractivity contribution >= 4 is 22.4 Å². The van der Waals surface area contributed by atoms with Gasteiger partial charge in [0.15, 0.2) is 5.13 Å². The van der Waals surface area contributed by atoms with Crippen LogP contribution >= 0.6 is 11.3 Å². The molecule has 7 heteroatoms. The molecule has 2 rings (SSSR count). The Labute approximate surface area is 121 Å². The molecule has 108 valence electrons. The Kier molecular flexibility index (Phi) is 5.11. The van der Waals surface area contributed by atoms with Gasteiger partial charge >= 0.3 is 5.97 Å². The van der Waals surface area contributed by atoms with Crippen molar-refractivity contribution in [1.82, 2.24) is 14.5 Å². The standard InChI is InChI=1S/C13H18N4O2S/c1-3-19-12(18)8-10-9-20-13(16-10)15-5-4-11-14-6-7-17(11)2/h6-7,9H,3-5,8H2,1-2H3,(H,15,16). The van der Waals surface area contributed by atoms with Crippen molar-refractivity contribution in [3.8, 4) is 0 Å². The highest BCUT2D eigenvalue weighted by atomic mass is 32.1. The number of hydrogen-bond donors (Lipinski definition) is 1. The van der Waals surface area contributed by atoms with Crippen LogP contribution in [0.1, 0.15) is 18.4 Å². The summed E-state index contributed by atoms with van der Waals surface area (Å²) < 4.78 is 6.89. The number of rotatable bonds is 7. The fourth-order valence-electron chi connectivity index (χ4n) is 1.75. The van der Waals surface area contributed by atoms with Crippen molar-refractivity contribution in [2.24, 2.45) is 7.05 Å². The first kappa shape index (κ1) is 14.5. The van der Waals surface area contributed by atoms with Crippen LogP contribution in [0.2, 0.25) is 0 Å². The summed E-state index contributed by atoms with van der Waals surface area (Å²) in [7, 11) is 1.98. The maximum Gasteiger partial charge on any atom is 0.311 e. The lowest BCUT2D eigenvalue weighted by Gasteiger charge is -2.03. The summed E-state index contributed by atoms with van der Waals surface area (Å²) >= 11 is 1.49. The molecule has 0 aliphatic rings. The zero-order valence-electron chi connectivity index (χ0n) is 11.6. The van der Waals surface area contributed by atoms with Crippen molar-refractivity contribution in [3.63, 3.8) is 0 Å². The van der Waals surface area contributed by atoms with Gasteiger partial charge in [-0.25, -0.2) is 9.97 Å². The number of nitrogens with zero attached hydrogens (tertiary/aromatic N) is 3. The number of nitrogens with one attached hydrogen (secondary N) is 1.